The number of hydrogen-bond acceptors (Lipinski definition) is 3. The number of aromatic nitrogens is 1. The van der Waals surface area contributed by atoms with Gasteiger partial charge in [-0.15, -0.1) is 0 Å². The summed E-state index contributed by atoms with van der Waals surface area (Å²) in [6, 6.07) is 14.5. The summed E-state index contributed by atoms with van der Waals surface area (Å²) in [4.78, 5) is 4.10. The van der Waals surface area contributed by atoms with Gasteiger partial charge in [0.2, 0.25) is 0 Å². The first kappa shape index (κ1) is 21.1. The molecular weight excluding hydrogens is 389 g/mol. The van der Waals surface area contributed by atoms with E-state index >= 15 is 0 Å². The molecule has 4 rings (SSSR count). The van der Waals surface area contributed by atoms with E-state index in [0.717, 1.165) is 60.1 Å². The standard InChI is InChI=1S/C27H28FNO2/c1-27(2)18-23(21-12-14-29-15-13-21)26-24(30)16-20(17-25(26)31-27)7-5-3-4-6-19-8-10-22(28)11-9-19/h8-18,30H,3-7H2,1-2H3. The van der Waals surface area contributed by atoms with Crippen molar-refractivity contribution in [1.82, 2.24) is 4.98 Å². The van der Waals surface area contributed by atoms with Gasteiger partial charge < -0.3 is 9.84 Å². The highest BCUT2D eigenvalue weighted by Crippen LogP contribution is 2.44. The zero-order valence-electron chi connectivity index (χ0n) is 18.1. The third-order valence-electron chi connectivity index (χ3n) is 5.61. The van der Waals surface area contributed by atoms with Gasteiger partial charge in [0.1, 0.15) is 22.9 Å². The third kappa shape index (κ3) is 5.13. The Kier molecular flexibility index (Phi) is 6.08. The molecule has 2 heterocycles. The number of fused-ring (bicyclic) bond motifs is 1. The van der Waals surface area contributed by atoms with Crippen molar-refractivity contribution >= 4 is 5.57 Å². The number of nitrogens with zero attached hydrogens (tertiary/aromatic N) is 1. The van der Waals surface area contributed by atoms with Gasteiger partial charge in [-0.05, 0) is 104 Å². The van der Waals surface area contributed by atoms with E-state index in [0.29, 0.717) is 0 Å². The highest BCUT2D eigenvalue weighted by molar-refractivity contribution is 5.87. The Labute approximate surface area is 183 Å². The molecule has 4 heteroatoms. The number of phenols is 1. The molecule has 1 aliphatic heterocycles. The minimum Gasteiger partial charge on any atom is -0.507 e. The zero-order valence-corrected chi connectivity index (χ0v) is 18.1. The van der Waals surface area contributed by atoms with Gasteiger partial charge in [-0.2, -0.15) is 0 Å². The van der Waals surface area contributed by atoms with Crippen LogP contribution >= 0.6 is 0 Å². The van der Waals surface area contributed by atoms with Crippen LogP contribution in [0.1, 0.15) is 55.4 Å². The molecule has 0 fully saturated rings. The quantitative estimate of drug-likeness (QED) is 0.447. The summed E-state index contributed by atoms with van der Waals surface area (Å²) in [6.07, 6.45) is 10.6. The molecular formula is C27H28FNO2. The molecule has 0 saturated carbocycles. The zero-order chi connectivity index (χ0) is 21.8. The number of halogens is 1. The molecule has 0 bridgehead atoms. The monoisotopic (exact) mass is 417 g/mol. The summed E-state index contributed by atoms with van der Waals surface area (Å²) in [5.74, 6) is 0.779. The smallest absolute Gasteiger partial charge is 0.132 e. The van der Waals surface area contributed by atoms with Gasteiger partial charge in [-0.25, -0.2) is 4.39 Å². The number of ether oxygens (including phenoxy) is 1. The lowest BCUT2D eigenvalue weighted by atomic mass is 9.88. The van der Waals surface area contributed by atoms with Crippen molar-refractivity contribution < 1.29 is 14.2 Å². The van der Waals surface area contributed by atoms with Crippen LogP contribution in [0.2, 0.25) is 0 Å². The first-order valence-corrected chi connectivity index (χ1v) is 10.8. The molecule has 1 aromatic heterocycles. The van der Waals surface area contributed by atoms with Crippen molar-refractivity contribution in [3.8, 4) is 11.5 Å². The topological polar surface area (TPSA) is 42.4 Å². The summed E-state index contributed by atoms with van der Waals surface area (Å²) in [5.41, 5.74) is 4.49. The normalized spacial score (nSPS) is 14.5. The maximum atomic E-state index is 13.0. The van der Waals surface area contributed by atoms with Crippen molar-refractivity contribution in [2.45, 2.75) is 51.6 Å². The number of benzene rings is 2. The molecule has 1 aliphatic rings. The number of rotatable bonds is 7. The van der Waals surface area contributed by atoms with Gasteiger partial charge in [-0.1, -0.05) is 18.6 Å². The summed E-state index contributed by atoms with van der Waals surface area (Å²) in [5, 5.41) is 10.8. The Morgan fingerprint density at radius 3 is 2.29 bits per heavy atom. The molecule has 0 atom stereocenters. The average molecular weight is 418 g/mol. The fraction of sp³-hybridized carbons (Fsp3) is 0.296. The molecule has 160 valence electrons. The van der Waals surface area contributed by atoms with E-state index in [1.54, 1.807) is 12.4 Å². The maximum absolute atomic E-state index is 13.0. The molecule has 3 aromatic rings. The minimum absolute atomic E-state index is 0.191. The van der Waals surface area contributed by atoms with Crippen molar-refractivity contribution in [2.24, 2.45) is 0 Å². The van der Waals surface area contributed by atoms with E-state index in [1.165, 1.54) is 17.7 Å². The lowest BCUT2D eigenvalue weighted by molar-refractivity contribution is 0.157. The lowest BCUT2D eigenvalue weighted by Gasteiger charge is -2.32. The van der Waals surface area contributed by atoms with Crippen LogP contribution < -0.4 is 4.74 Å². The molecule has 31 heavy (non-hydrogen) atoms. The van der Waals surface area contributed by atoms with Gasteiger partial charge in [0.05, 0.1) is 5.56 Å². The second-order valence-electron chi connectivity index (χ2n) is 8.67. The Bertz CT molecular complexity index is 1070. The van der Waals surface area contributed by atoms with Crippen LogP contribution in [0.15, 0.2) is 67.0 Å². The van der Waals surface area contributed by atoms with Crippen LogP contribution in [0.25, 0.3) is 5.57 Å². The second-order valence-corrected chi connectivity index (χ2v) is 8.67. The highest BCUT2D eigenvalue weighted by Gasteiger charge is 2.29. The Morgan fingerprint density at radius 2 is 1.58 bits per heavy atom. The molecule has 0 saturated heterocycles. The number of hydrogen-bond donors (Lipinski definition) is 1. The molecule has 0 aliphatic carbocycles. The van der Waals surface area contributed by atoms with Gasteiger partial charge in [0, 0.05) is 12.4 Å². The van der Waals surface area contributed by atoms with E-state index in [4.69, 9.17) is 4.74 Å². The van der Waals surface area contributed by atoms with Gasteiger partial charge in [0.15, 0.2) is 0 Å². The van der Waals surface area contributed by atoms with Gasteiger partial charge in [0.25, 0.3) is 0 Å². The molecule has 0 radical (unpaired) electrons. The maximum Gasteiger partial charge on any atom is 0.132 e. The number of phenolic OH excluding ortho intramolecular Hbond substituents is 1. The molecule has 0 amide bonds. The Balaban J connectivity index is 1.44. The van der Waals surface area contributed by atoms with Crippen LogP contribution in [0.3, 0.4) is 0 Å². The number of pyridine rings is 1. The van der Waals surface area contributed by atoms with E-state index in [9.17, 15) is 9.50 Å². The van der Waals surface area contributed by atoms with E-state index in [1.807, 2.05) is 44.2 Å². The van der Waals surface area contributed by atoms with Crippen molar-refractivity contribution in [3.05, 3.63) is 95.1 Å². The van der Waals surface area contributed by atoms with Crippen LogP contribution in [0.4, 0.5) is 4.39 Å². The number of aryl methyl sites for hydroxylation is 2. The fourth-order valence-electron chi connectivity index (χ4n) is 4.13. The molecule has 1 N–H and O–H groups in total. The fourth-order valence-corrected chi connectivity index (χ4v) is 4.13. The van der Waals surface area contributed by atoms with Crippen LogP contribution in [-0.4, -0.2) is 15.7 Å². The van der Waals surface area contributed by atoms with Gasteiger partial charge >= 0.3 is 0 Å². The van der Waals surface area contributed by atoms with E-state index < -0.39 is 5.60 Å². The van der Waals surface area contributed by atoms with Crippen molar-refractivity contribution in [2.75, 3.05) is 0 Å². The van der Waals surface area contributed by atoms with Crippen molar-refractivity contribution in [3.63, 3.8) is 0 Å². The predicted octanol–water partition coefficient (Wildman–Crippen LogP) is 6.48. The second kappa shape index (κ2) is 8.93. The summed E-state index contributed by atoms with van der Waals surface area (Å²) >= 11 is 0. The SMILES string of the molecule is CC1(C)C=C(c2ccncc2)c2c(O)cc(CCCCCc3ccc(F)cc3)cc2O1. The summed E-state index contributed by atoms with van der Waals surface area (Å²) < 4.78 is 19.2. The summed E-state index contributed by atoms with van der Waals surface area (Å²) in [6.45, 7) is 4.05. The van der Waals surface area contributed by atoms with Gasteiger partial charge in [-0.3, -0.25) is 4.98 Å². The van der Waals surface area contributed by atoms with E-state index in [-0.39, 0.29) is 11.6 Å². The Morgan fingerprint density at radius 1 is 0.903 bits per heavy atom. The molecule has 3 nitrogen and oxygen atoms in total. The Hall–Kier alpha value is -3.14. The van der Waals surface area contributed by atoms with Crippen molar-refractivity contribution in [1.29, 1.82) is 0 Å². The first-order chi connectivity index (χ1) is 14.9. The number of unbranched alkanes of at least 4 members (excludes halogenated alkanes) is 2. The average Bonchev–Trinajstić information content (AvgIpc) is 2.74. The lowest BCUT2D eigenvalue weighted by Crippen LogP contribution is -2.29. The van der Waals surface area contributed by atoms with E-state index in [2.05, 4.69) is 17.1 Å². The predicted molar refractivity (Wildman–Crippen MR) is 122 cm³/mol. The molecule has 0 unspecified atom stereocenters. The molecule has 0 spiro atoms. The van der Waals surface area contributed by atoms with Crippen LogP contribution in [-0.2, 0) is 12.8 Å². The number of aromatic hydroxyl groups is 1. The van der Waals surface area contributed by atoms with Crippen LogP contribution in [0, 0.1) is 5.82 Å². The largest absolute Gasteiger partial charge is 0.507 e. The first-order valence-electron chi connectivity index (χ1n) is 10.8. The minimum atomic E-state index is -0.466. The van der Waals surface area contributed by atoms with Crippen LogP contribution in [0.5, 0.6) is 11.5 Å². The highest BCUT2D eigenvalue weighted by atomic mass is 19.1. The third-order valence-corrected chi connectivity index (χ3v) is 5.61. The molecule has 2 aromatic carbocycles. The summed E-state index contributed by atoms with van der Waals surface area (Å²) in [7, 11) is 0.